The molecule has 2 nitrogen and oxygen atoms in total. The lowest BCUT2D eigenvalue weighted by molar-refractivity contribution is 1.04. The summed E-state index contributed by atoms with van der Waals surface area (Å²) in [5, 5.41) is 9.53. The van der Waals surface area contributed by atoms with Crippen molar-refractivity contribution in [3.63, 3.8) is 0 Å². The highest BCUT2D eigenvalue weighted by Crippen LogP contribution is 2.32. The lowest BCUT2D eigenvalue weighted by Crippen LogP contribution is -1.98. The zero-order chi connectivity index (χ0) is 29.4. The van der Waals surface area contributed by atoms with Gasteiger partial charge in [0.05, 0.1) is 18.2 Å². The van der Waals surface area contributed by atoms with Crippen LogP contribution in [0.1, 0.15) is 48.4 Å². The van der Waals surface area contributed by atoms with Crippen LogP contribution in [-0.2, 0) is 6.54 Å². The first-order valence-electron chi connectivity index (χ1n) is 14.9. The smallest absolute Gasteiger partial charge is 0.0998 e. The molecule has 0 aliphatic heterocycles. The summed E-state index contributed by atoms with van der Waals surface area (Å²) in [6.45, 7) is 2.69. The lowest BCUT2D eigenvalue weighted by atomic mass is 9.91. The monoisotopic (exact) mass is 554 g/mol. The van der Waals surface area contributed by atoms with Gasteiger partial charge in [0.2, 0.25) is 0 Å². The summed E-state index contributed by atoms with van der Waals surface area (Å²) in [6, 6.07) is 36.0. The summed E-state index contributed by atoms with van der Waals surface area (Å²) >= 11 is 0. The highest BCUT2D eigenvalue weighted by molar-refractivity contribution is 5.99. The Morgan fingerprint density at radius 3 is 2.26 bits per heavy atom. The van der Waals surface area contributed by atoms with Gasteiger partial charge in [-0.25, -0.2) is 0 Å². The molecule has 2 aliphatic rings. The maximum atomic E-state index is 9.53. The second-order valence-corrected chi connectivity index (χ2v) is 11.0. The molecule has 0 heterocycles. The van der Waals surface area contributed by atoms with E-state index < -0.39 is 0 Å². The van der Waals surface area contributed by atoms with Crippen LogP contribution in [0.2, 0.25) is 0 Å². The van der Waals surface area contributed by atoms with E-state index in [1.54, 1.807) is 0 Å². The lowest BCUT2D eigenvalue weighted by Gasteiger charge is -2.13. The summed E-state index contributed by atoms with van der Waals surface area (Å²) in [4.78, 5) is 4.97. The Balaban J connectivity index is 1.27. The predicted octanol–water partition coefficient (Wildman–Crippen LogP) is 10.6. The van der Waals surface area contributed by atoms with E-state index in [4.69, 9.17) is 4.99 Å². The Hall–Kier alpha value is -5.26. The Morgan fingerprint density at radius 2 is 1.44 bits per heavy atom. The molecule has 0 atom stereocenters. The number of hydrogen-bond acceptors (Lipinski definition) is 2. The van der Waals surface area contributed by atoms with Crippen molar-refractivity contribution < 1.29 is 0 Å². The Labute approximate surface area is 255 Å². The second-order valence-electron chi connectivity index (χ2n) is 11.0. The maximum Gasteiger partial charge on any atom is 0.0998 e. The van der Waals surface area contributed by atoms with Gasteiger partial charge in [-0.15, -0.1) is 0 Å². The van der Waals surface area contributed by atoms with Gasteiger partial charge in [-0.3, -0.25) is 4.99 Å². The average Bonchev–Trinajstić information content (AvgIpc) is 3.35. The fourth-order valence-electron chi connectivity index (χ4n) is 5.65. The summed E-state index contributed by atoms with van der Waals surface area (Å²) in [5.41, 5.74) is 13.5. The van der Waals surface area contributed by atoms with Crippen LogP contribution in [0.25, 0.3) is 33.4 Å². The number of aliphatic imine (C=N–C) groups is 1. The van der Waals surface area contributed by atoms with E-state index in [9.17, 15) is 5.26 Å². The Kier molecular flexibility index (Phi) is 8.53. The van der Waals surface area contributed by atoms with E-state index in [0.29, 0.717) is 12.1 Å². The standard InChI is InChI=1S/C41H34N2/c1-30(43-29-31-12-10-20-36(24-31)41-21-9-8-17-37(41)28-42)32-18-11-19-35(23-22-32)40-26-38(33-13-4-2-5-14-33)25-39(27-40)34-15-6-3-7-16-34/h2,4-6,8-17,19-27H,3,7,18,29H2,1H3. The third-order valence-corrected chi connectivity index (χ3v) is 8.05. The summed E-state index contributed by atoms with van der Waals surface area (Å²) in [5.74, 6) is 0. The average molecular weight is 555 g/mol. The van der Waals surface area contributed by atoms with Gasteiger partial charge in [0.1, 0.15) is 0 Å². The van der Waals surface area contributed by atoms with Crippen molar-refractivity contribution >= 4 is 16.9 Å². The predicted molar refractivity (Wildman–Crippen MR) is 181 cm³/mol. The van der Waals surface area contributed by atoms with Gasteiger partial charge in [0, 0.05) is 5.71 Å². The van der Waals surface area contributed by atoms with Gasteiger partial charge in [0.15, 0.2) is 0 Å². The number of benzene rings is 4. The molecule has 0 radical (unpaired) electrons. The molecule has 0 saturated carbocycles. The first-order valence-corrected chi connectivity index (χ1v) is 14.9. The number of hydrogen-bond donors (Lipinski definition) is 0. The minimum atomic E-state index is 0.594. The highest BCUT2D eigenvalue weighted by atomic mass is 14.7. The van der Waals surface area contributed by atoms with Crippen LogP contribution in [0.4, 0.5) is 0 Å². The zero-order valence-electron chi connectivity index (χ0n) is 24.5. The van der Waals surface area contributed by atoms with E-state index in [-0.39, 0.29) is 0 Å². The van der Waals surface area contributed by atoms with E-state index in [1.807, 2.05) is 30.3 Å². The number of rotatable bonds is 7. The molecule has 208 valence electrons. The van der Waals surface area contributed by atoms with Crippen LogP contribution in [-0.4, -0.2) is 5.71 Å². The largest absolute Gasteiger partial charge is 0.285 e. The third kappa shape index (κ3) is 6.64. The Bertz CT molecular complexity index is 1870. The summed E-state index contributed by atoms with van der Waals surface area (Å²) in [7, 11) is 0. The third-order valence-electron chi connectivity index (χ3n) is 8.05. The Morgan fingerprint density at radius 1 is 0.698 bits per heavy atom. The van der Waals surface area contributed by atoms with Gasteiger partial charge < -0.3 is 0 Å². The number of nitrogens with zero attached hydrogens (tertiary/aromatic N) is 2. The van der Waals surface area contributed by atoms with Crippen LogP contribution in [0.15, 0.2) is 150 Å². The van der Waals surface area contributed by atoms with Crippen molar-refractivity contribution in [2.45, 2.75) is 32.7 Å². The van der Waals surface area contributed by atoms with Crippen molar-refractivity contribution in [1.82, 2.24) is 0 Å². The molecule has 0 fully saturated rings. The molecule has 6 rings (SSSR count). The highest BCUT2D eigenvalue weighted by Gasteiger charge is 2.11. The fraction of sp³-hybridized carbons (Fsp3) is 0.122. The van der Waals surface area contributed by atoms with Gasteiger partial charge in [-0.05, 0) is 112 Å². The molecule has 0 amide bonds. The normalized spacial score (nSPS) is 14.8. The molecule has 0 unspecified atom stereocenters. The molecule has 0 aromatic heterocycles. The van der Waals surface area contributed by atoms with Crippen LogP contribution < -0.4 is 0 Å². The minimum absolute atomic E-state index is 0.594. The molecular formula is C41H34N2. The molecular weight excluding hydrogens is 520 g/mol. The fourth-order valence-corrected chi connectivity index (χ4v) is 5.65. The van der Waals surface area contributed by atoms with Crippen molar-refractivity contribution in [1.29, 1.82) is 5.26 Å². The molecule has 4 aromatic rings. The van der Waals surface area contributed by atoms with E-state index in [0.717, 1.165) is 41.7 Å². The zero-order valence-corrected chi connectivity index (χ0v) is 24.5. The van der Waals surface area contributed by atoms with E-state index >= 15 is 0 Å². The quantitative estimate of drug-likeness (QED) is 0.209. The van der Waals surface area contributed by atoms with Gasteiger partial charge >= 0.3 is 0 Å². The molecule has 0 bridgehead atoms. The molecule has 0 N–H and O–H groups in total. The second kappa shape index (κ2) is 13.1. The van der Waals surface area contributed by atoms with Crippen LogP contribution in [0.3, 0.4) is 0 Å². The van der Waals surface area contributed by atoms with Crippen molar-refractivity contribution in [3.05, 3.63) is 167 Å². The SMILES string of the molecule is CC(=NCc1cccc(-c2ccccc2C#N)c1)C1=CC=C(c2cc(C3=CCCC=C3)cc(-c3ccccc3)c2)C=CC1. The van der Waals surface area contributed by atoms with E-state index in [1.165, 1.54) is 39.0 Å². The summed E-state index contributed by atoms with van der Waals surface area (Å²) in [6.07, 6.45) is 18.9. The first-order chi connectivity index (χ1) is 21.2. The number of allylic oxidation sites excluding steroid dienone is 10. The first kappa shape index (κ1) is 27.9. The molecule has 0 saturated heterocycles. The van der Waals surface area contributed by atoms with Crippen molar-refractivity contribution in [2.75, 3.05) is 0 Å². The molecule has 43 heavy (non-hydrogen) atoms. The topological polar surface area (TPSA) is 36.1 Å². The minimum Gasteiger partial charge on any atom is -0.285 e. The van der Waals surface area contributed by atoms with Crippen LogP contribution in [0.5, 0.6) is 0 Å². The molecule has 0 spiro atoms. The molecule has 2 aliphatic carbocycles. The summed E-state index contributed by atoms with van der Waals surface area (Å²) < 4.78 is 0. The maximum absolute atomic E-state index is 9.53. The van der Waals surface area contributed by atoms with Crippen molar-refractivity contribution in [2.24, 2.45) is 4.99 Å². The van der Waals surface area contributed by atoms with Crippen LogP contribution in [0, 0.1) is 11.3 Å². The van der Waals surface area contributed by atoms with Gasteiger partial charge in [-0.1, -0.05) is 109 Å². The van der Waals surface area contributed by atoms with Crippen LogP contribution >= 0.6 is 0 Å². The molecule has 4 aromatic carbocycles. The van der Waals surface area contributed by atoms with E-state index in [2.05, 4.69) is 122 Å². The molecule has 2 heteroatoms. The number of nitriles is 1. The van der Waals surface area contributed by atoms with Gasteiger partial charge in [0.25, 0.3) is 0 Å². The van der Waals surface area contributed by atoms with Crippen molar-refractivity contribution in [3.8, 4) is 28.3 Å². The van der Waals surface area contributed by atoms with Gasteiger partial charge in [-0.2, -0.15) is 5.26 Å².